The monoisotopic (exact) mass is 298 g/mol. The van der Waals surface area contributed by atoms with E-state index in [4.69, 9.17) is 0 Å². The summed E-state index contributed by atoms with van der Waals surface area (Å²) in [5.41, 5.74) is 0.919. The number of carboxylic acid groups (broad SMARTS) is 1. The second-order valence-electron chi connectivity index (χ2n) is 4.97. The number of pyridine rings is 1. The van der Waals surface area contributed by atoms with Gasteiger partial charge >= 0.3 is 5.97 Å². The molecule has 5 nitrogen and oxygen atoms in total. The SMILES string of the molecule is C=CCCC[C@H](NC(=O)c1ccc2ccccc2n1)C(=O)O. The highest BCUT2D eigenvalue weighted by atomic mass is 16.4. The van der Waals surface area contributed by atoms with Gasteiger partial charge in [-0.1, -0.05) is 30.3 Å². The number of aromatic nitrogens is 1. The molecule has 0 radical (unpaired) electrons. The highest BCUT2D eigenvalue weighted by Gasteiger charge is 2.20. The predicted octanol–water partition coefficient (Wildman–Crippen LogP) is 2.77. The zero-order chi connectivity index (χ0) is 15.9. The lowest BCUT2D eigenvalue weighted by atomic mass is 10.1. The molecule has 1 aromatic heterocycles. The average Bonchev–Trinajstić information content (AvgIpc) is 2.53. The van der Waals surface area contributed by atoms with Crippen molar-refractivity contribution in [3.63, 3.8) is 0 Å². The third-order valence-corrected chi connectivity index (χ3v) is 3.34. The van der Waals surface area contributed by atoms with Gasteiger partial charge in [-0.3, -0.25) is 4.79 Å². The molecule has 5 heteroatoms. The van der Waals surface area contributed by atoms with E-state index in [9.17, 15) is 14.7 Å². The number of para-hydroxylation sites is 1. The van der Waals surface area contributed by atoms with Crippen LogP contribution < -0.4 is 5.32 Å². The van der Waals surface area contributed by atoms with E-state index in [1.807, 2.05) is 24.3 Å². The van der Waals surface area contributed by atoms with Gasteiger partial charge in [-0.25, -0.2) is 9.78 Å². The molecule has 0 aliphatic heterocycles. The Kier molecular flexibility index (Phi) is 5.25. The number of amides is 1. The fourth-order valence-corrected chi connectivity index (χ4v) is 2.15. The van der Waals surface area contributed by atoms with Gasteiger partial charge in [0.25, 0.3) is 5.91 Å². The largest absolute Gasteiger partial charge is 0.480 e. The van der Waals surface area contributed by atoms with Gasteiger partial charge in [-0.05, 0) is 31.4 Å². The lowest BCUT2D eigenvalue weighted by Crippen LogP contribution is -2.41. The summed E-state index contributed by atoms with van der Waals surface area (Å²) < 4.78 is 0. The Bertz CT molecular complexity index is 697. The fraction of sp³-hybridized carbons (Fsp3) is 0.235. The molecular weight excluding hydrogens is 280 g/mol. The summed E-state index contributed by atoms with van der Waals surface area (Å²) in [5, 5.41) is 12.6. The van der Waals surface area contributed by atoms with Crippen molar-refractivity contribution in [2.24, 2.45) is 0 Å². The summed E-state index contributed by atoms with van der Waals surface area (Å²) in [4.78, 5) is 27.7. The molecule has 114 valence electrons. The van der Waals surface area contributed by atoms with Gasteiger partial charge in [0, 0.05) is 5.39 Å². The maximum absolute atomic E-state index is 12.2. The Morgan fingerprint density at radius 2 is 2.05 bits per heavy atom. The minimum Gasteiger partial charge on any atom is -0.480 e. The van der Waals surface area contributed by atoms with Crippen LogP contribution in [-0.2, 0) is 4.79 Å². The van der Waals surface area contributed by atoms with Crippen LogP contribution in [0.3, 0.4) is 0 Å². The standard InChI is InChI=1S/C17H18N2O3/c1-2-3-4-9-15(17(21)22)19-16(20)14-11-10-12-7-5-6-8-13(12)18-14/h2,5-8,10-11,15H,1,3-4,9H2,(H,19,20)(H,21,22)/t15-/m0/s1. The topological polar surface area (TPSA) is 79.3 Å². The number of carbonyl (C=O) groups is 2. The molecule has 0 saturated heterocycles. The molecule has 0 unspecified atom stereocenters. The van der Waals surface area contributed by atoms with Gasteiger partial charge in [0.2, 0.25) is 0 Å². The number of benzene rings is 1. The van der Waals surface area contributed by atoms with Crippen LogP contribution in [0.4, 0.5) is 0 Å². The Balaban J connectivity index is 2.10. The molecule has 0 aliphatic carbocycles. The molecule has 1 atom stereocenters. The van der Waals surface area contributed by atoms with E-state index in [1.165, 1.54) is 0 Å². The first-order valence-corrected chi connectivity index (χ1v) is 7.12. The number of allylic oxidation sites excluding steroid dienone is 1. The quantitative estimate of drug-likeness (QED) is 0.608. The zero-order valence-electron chi connectivity index (χ0n) is 12.2. The molecule has 0 spiro atoms. The van der Waals surface area contributed by atoms with Crippen LogP contribution in [0, 0.1) is 0 Å². The zero-order valence-corrected chi connectivity index (χ0v) is 12.2. The molecule has 2 N–H and O–H groups in total. The molecule has 0 aliphatic rings. The van der Waals surface area contributed by atoms with Crippen molar-refractivity contribution < 1.29 is 14.7 Å². The number of fused-ring (bicyclic) bond motifs is 1. The van der Waals surface area contributed by atoms with Crippen LogP contribution in [0.15, 0.2) is 49.1 Å². The van der Waals surface area contributed by atoms with Gasteiger partial charge in [0.15, 0.2) is 0 Å². The van der Waals surface area contributed by atoms with Gasteiger partial charge in [0.05, 0.1) is 5.52 Å². The molecule has 2 aromatic rings. The number of unbranched alkanes of at least 4 members (excludes halogenated alkanes) is 1. The first kappa shape index (κ1) is 15.7. The number of rotatable bonds is 7. The minimum atomic E-state index is -1.04. The first-order chi connectivity index (χ1) is 10.6. The number of nitrogens with one attached hydrogen (secondary N) is 1. The Morgan fingerprint density at radius 3 is 2.77 bits per heavy atom. The van der Waals surface area contributed by atoms with Crippen molar-refractivity contribution >= 4 is 22.8 Å². The van der Waals surface area contributed by atoms with Gasteiger partial charge in [-0.2, -0.15) is 0 Å². The van der Waals surface area contributed by atoms with Crippen LogP contribution in [0.2, 0.25) is 0 Å². The van der Waals surface area contributed by atoms with Crippen LogP contribution in [-0.4, -0.2) is 28.0 Å². The minimum absolute atomic E-state index is 0.216. The predicted molar refractivity (Wildman–Crippen MR) is 84.7 cm³/mol. The Morgan fingerprint density at radius 1 is 1.27 bits per heavy atom. The van der Waals surface area contributed by atoms with E-state index in [0.717, 1.165) is 5.39 Å². The molecule has 0 fully saturated rings. The summed E-state index contributed by atoms with van der Waals surface area (Å²) >= 11 is 0. The third-order valence-electron chi connectivity index (χ3n) is 3.34. The number of nitrogens with zero attached hydrogens (tertiary/aromatic N) is 1. The maximum atomic E-state index is 12.2. The lowest BCUT2D eigenvalue weighted by molar-refractivity contribution is -0.139. The Labute approximate surface area is 128 Å². The average molecular weight is 298 g/mol. The van der Waals surface area contributed by atoms with E-state index >= 15 is 0 Å². The fourth-order valence-electron chi connectivity index (χ4n) is 2.15. The van der Waals surface area contributed by atoms with Crippen LogP contribution in [0.5, 0.6) is 0 Å². The normalized spacial score (nSPS) is 11.8. The van der Waals surface area contributed by atoms with Crippen molar-refractivity contribution in [1.29, 1.82) is 0 Å². The molecule has 0 bridgehead atoms. The summed E-state index contributed by atoms with van der Waals surface area (Å²) in [6.45, 7) is 3.60. The molecule has 2 rings (SSSR count). The molecule has 1 heterocycles. The smallest absolute Gasteiger partial charge is 0.326 e. The van der Waals surface area contributed by atoms with Crippen LogP contribution in [0.1, 0.15) is 29.8 Å². The van der Waals surface area contributed by atoms with Crippen LogP contribution >= 0.6 is 0 Å². The summed E-state index contributed by atoms with van der Waals surface area (Å²) in [6, 6.07) is 9.92. The molecule has 1 aromatic carbocycles. The van der Waals surface area contributed by atoms with Crippen molar-refractivity contribution in [3.05, 3.63) is 54.7 Å². The van der Waals surface area contributed by atoms with Crippen molar-refractivity contribution in [3.8, 4) is 0 Å². The van der Waals surface area contributed by atoms with Gasteiger partial charge in [-0.15, -0.1) is 6.58 Å². The number of carboxylic acids is 1. The van der Waals surface area contributed by atoms with E-state index in [0.29, 0.717) is 24.8 Å². The van der Waals surface area contributed by atoms with Crippen molar-refractivity contribution in [2.75, 3.05) is 0 Å². The first-order valence-electron chi connectivity index (χ1n) is 7.12. The number of carbonyl (C=O) groups excluding carboxylic acids is 1. The van der Waals surface area contributed by atoms with E-state index in [-0.39, 0.29) is 5.69 Å². The number of hydrogen-bond donors (Lipinski definition) is 2. The summed E-state index contributed by atoms with van der Waals surface area (Å²) in [7, 11) is 0. The molecule has 0 saturated carbocycles. The van der Waals surface area contributed by atoms with Crippen LogP contribution in [0.25, 0.3) is 10.9 Å². The maximum Gasteiger partial charge on any atom is 0.326 e. The summed E-state index contributed by atoms with van der Waals surface area (Å²) in [6.07, 6.45) is 3.46. The molecule has 1 amide bonds. The highest BCUT2D eigenvalue weighted by Crippen LogP contribution is 2.12. The van der Waals surface area contributed by atoms with Crippen molar-refractivity contribution in [1.82, 2.24) is 10.3 Å². The molecular formula is C17H18N2O3. The van der Waals surface area contributed by atoms with Crippen molar-refractivity contribution in [2.45, 2.75) is 25.3 Å². The third kappa shape index (κ3) is 3.91. The Hall–Kier alpha value is -2.69. The molecule has 22 heavy (non-hydrogen) atoms. The number of hydrogen-bond acceptors (Lipinski definition) is 3. The van der Waals surface area contributed by atoms with E-state index in [2.05, 4.69) is 16.9 Å². The lowest BCUT2D eigenvalue weighted by Gasteiger charge is -2.14. The highest BCUT2D eigenvalue weighted by molar-refractivity contribution is 5.96. The van der Waals surface area contributed by atoms with Gasteiger partial charge in [0.1, 0.15) is 11.7 Å². The second kappa shape index (κ2) is 7.36. The van der Waals surface area contributed by atoms with E-state index < -0.39 is 17.9 Å². The van der Waals surface area contributed by atoms with E-state index in [1.54, 1.807) is 18.2 Å². The number of aliphatic carboxylic acids is 1. The van der Waals surface area contributed by atoms with Gasteiger partial charge < -0.3 is 10.4 Å². The second-order valence-corrected chi connectivity index (χ2v) is 4.97. The summed E-state index contributed by atoms with van der Waals surface area (Å²) in [5.74, 6) is -1.52.